The molecule has 0 aliphatic heterocycles. The molecule has 2 aromatic rings. The van der Waals surface area contributed by atoms with Crippen molar-refractivity contribution in [2.75, 3.05) is 0 Å². The minimum Gasteiger partial charge on any atom is -0.354 e. The summed E-state index contributed by atoms with van der Waals surface area (Å²) >= 11 is 1.18. The molecular weight excluding hydrogens is 222 g/mol. The van der Waals surface area contributed by atoms with E-state index in [1.807, 2.05) is 32.0 Å². The molecule has 0 aliphatic rings. The van der Waals surface area contributed by atoms with Crippen molar-refractivity contribution in [1.29, 1.82) is 0 Å². The highest BCUT2D eigenvalue weighted by atomic mass is 32.1. The monoisotopic (exact) mass is 235 g/mol. The molecule has 1 aromatic heterocycles. The summed E-state index contributed by atoms with van der Waals surface area (Å²) in [5, 5.41) is 2.86. The molecule has 1 N–H and O–H groups in total. The van der Waals surface area contributed by atoms with Gasteiger partial charge in [0.15, 0.2) is 0 Å². The van der Waals surface area contributed by atoms with Gasteiger partial charge in [-0.3, -0.25) is 4.79 Å². The van der Waals surface area contributed by atoms with Crippen molar-refractivity contribution in [3.8, 4) is 0 Å². The van der Waals surface area contributed by atoms with Crippen LogP contribution in [0, 0.1) is 0 Å². The number of hydrogen-bond acceptors (Lipinski definition) is 4. The second-order valence-corrected chi connectivity index (χ2v) is 4.48. The Morgan fingerprint density at radius 2 is 2.25 bits per heavy atom. The van der Waals surface area contributed by atoms with Crippen LogP contribution in [0.4, 0.5) is 0 Å². The van der Waals surface area contributed by atoms with E-state index < -0.39 is 0 Å². The Labute approximate surface area is 98.0 Å². The molecule has 0 atom stereocenters. The van der Waals surface area contributed by atoms with E-state index in [-0.39, 0.29) is 11.9 Å². The maximum Gasteiger partial charge on any atom is 0.224 e. The largest absolute Gasteiger partial charge is 0.354 e. The van der Waals surface area contributed by atoms with E-state index in [0.29, 0.717) is 6.42 Å². The topological polar surface area (TPSA) is 54.9 Å². The number of hydrogen-bond donors (Lipinski definition) is 1. The van der Waals surface area contributed by atoms with Gasteiger partial charge in [0.25, 0.3) is 0 Å². The third kappa shape index (κ3) is 2.36. The number of aromatic nitrogens is 2. The molecule has 0 fully saturated rings. The van der Waals surface area contributed by atoms with E-state index in [1.165, 1.54) is 11.7 Å². The lowest BCUT2D eigenvalue weighted by molar-refractivity contribution is -0.120. The Morgan fingerprint density at radius 1 is 1.44 bits per heavy atom. The zero-order chi connectivity index (χ0) is 11.5. The van der Waals surface area contributed by atoms with Crippen LogP contribution in [0.1, 0.15) is 19.4 Å². The fourth-order valence-corrected chi connectivity index (χ4v) is 2.12. The maximum absolute atomic E-state index is 11.6. The van der Waals surface area contributed by atoms with Gasteiger partial charge in [-0.15, -0.1) is 0 Å². The van der Waals surface area contributed by atoms with Crippen LogP contribution in [0.2, 0.25) is 0 Å². The molecule has 0 saturated carbocycles. The van der Waals surface area contributed by atoms with Gasteiger partial charge >= 0.3 is 0 Å². The van der Waals surface area contributed by atoms with Crippen molar-refractivity contribution in [3.05, 3.63) is 23.8 Å². The lowest BCUT2D eigenvalue weighted by Crippen LogP contribution is -2.31. The van der Waals surface area contributed by atoms with E-state index in [1.54, 1.807) is 0 Å². The van der Waals surface area contributed by atoms with Crippen molar-refractivity contribution in [2.45, 2.75) is 26.3 Å². The van der Waals surface area contributed by atoms with Gasteiger partial charge < -0.3 is 5.32 Å². The summed E-state index contributed by atoms with van der Waals surface area (Å²) in [4.78, 5) is 11.6. The lowest BCUT2D eigenvalue weighted by atomic mass is 10.1. The molecule has 4 nitrogen and oxygen atoms in total. The van der Waals surface area contributed by atoms with Crippen LogP contribution in [0.5, 0.6) is 0 Å². The van der Waals surface area contributed by atoms with Crippen LogP contribution in [0.25, 0.3) is 11.0 Å². The first-order valence-corrected chi connectivity index (χ1v) is 5.89. The summed E-state index contributed by atoms with van der Waals surface area (Å²) < 4.78 is 8.35. The van der Waals surface area contributed by atoms with E-state index >= 15 is 0 Å². The Balaban J connectivity index is 2.20. The average molecular weight is 235 g/mol. The molecule has 0 radical (unpaired) electrons. The predicted molar refractivity (Wildman–Crippen MR) is 64.4 cm³/mol. The summed E-state index contributed by atoms with van der Waals surface area (Å²) in [6.07, 6.45) is 0.362. The Kier molecular flexibility index (Phi) is 3.14. The first-order valence-electron chi connectivity index (χ1n) is 5.16. The van der Waals surface area contributed by atoms with Crippen LogP contribution >= 0.6 is 11.7 Å². The van der Waals surface area contributed by atoms with Gasteiger partial charge in [0, 0.05) is 6.04 Å². The van der Waals surface area contributed by atoms with E-state index in [4.69, 9.17) is 0 Å². The van der Waals surface area contributed by atoms with Crippen molar-refractivity contribution in [2.24, 2.45) is 0 Å². The highest BCUT2D eigenvalue weighted by molar-refractivity contribution is 7.00. The van der Waals surface area contributed by atoms with Crippen LogP contribution < -0.4 is 5.32 Å². The maximum atomic E-state index is 11.6. The average Bonchev–Trinajstić information content (AvgIpc) is 2.65. The molecule has 1 aromatic carbocycles. The van der Waals surface area contributed by atoms with Crippen LogP contribution in [0.3, 0.4) is 0 Å². The standard InChI is InChI=1S/C11H13N3OS/c1-7(2)12-10(15)6-8-4-3-5-9-11(8)14-16-13-9/h3-5,7H,6H2,1-2H3,(H,12,15). The highest BCUT2D eigenvalue weighted by Gasteiger charge is 2.09. The molecule has 0 spiro atoms. The van der Waals surface area contributed by atoms with Crippen molar-refractivity contribution in [3.63, 3.8) is 0 Å². The first-order chi connectivity index (χ1) is 7.66. The number of amides is 1. The van der Waals surface area contributed by atoms with Crippen molar-refractivity contribution < 1.29 is 4.79 Å². The number of rotatable bonds is 3. The second kappa shape index (κ2) is 4.57. The second-order valence-electron chi connectivity index (χ2n) is 3.95. The number of carbonyl (C=O) groups is 1. The van der Waals surface area contributed by atoms with Crippen molar-refractivity contribution >= 4 is 28.7 Å². The fourth-order valence-electron chi connectivity index (χ4n) is 1.55. The summed E-state index contributed by atoms with van der Waals surface area (Å²) in [7, 11) is 0. The third-order valence-corrected chi connectivity index (χ3v) is 2.71. The van der Waals surface area contributed by atoms with Crippen LogP contribution in [0.15, 0.2) is 18.2 Å². The molecule has 1 heterocycles. The summed E-state index contributed by atoms with van der Waals surface area (Å²) in [6.45, 7) is 3.89. The minimum atomic E-state index is 0.0236. The molecule has 0 unspecified atom stereocenters. The van der Waals surface area contributed by atoms with E-state index in [0.717, 1.165) is 16.6 Å². The summed E-state index contributed by atoms with van der Waals surface area (Å²) in [5.41, 5.74) is 2.63. The predicted octanol–water partition coefficient (Wildman–Crippen LogP) is 1.76. The van der Waals surface area contributed by atoms with Crippen LogP contribution in [-0.2, 0) is 11.2 Å². The van der Waals surface area contributed by atoms with Gasteiger partial charge in [0.2, 0.25) is 5.91 Å². The molecule has 5 heteroatoms. The lowest BCUT2D eigenvalue weighted by Gasteiger charge is -2.08. The fraction of sp³-hybridized carbons (Fsp3) is 0.364. The normalized spacial score (nSPS) is 10.9. The quantitative estimate of drug-likeness (QED) is 0.882. The van der Waals surface area contributed by atoms with E-state index in [9.17, 15) is 4.79 Å². The number of nitrogens with zero attached hydrogens (tertiary/aromatic N) is 2. The SMILES string of the molecule is CC(C)NC(=O)Cc1cccc2nsnc12. The number of benzene rings is 1. The number of nitrogens with one attached hydrogen (secondary N) is 1. The van der Waals surface area contributed by atoms with Gasteiger partial charge in [0.05, 0.1) is 18.1 Å². The minimum absolute atomic E-state index is 0.0236. The van der Waals surface area contributed by atoms with Crippen LogP contribution in [-0.4, -0.2) is 20.7 Å². The summed E-state index contributed by atoms with van der Waals surface area (Å²) in [5.74, 6) is 0.0236. The Bertz CT molecular complexity index is 507. The highest BCUT2D eigenvalue weighted by Crippen LogP contribution is 2.16. The van der Waals surface area contributed by atoms with Gasteiger partial charge in [-0.1, -0.05) is 12.1 Å². The van der Waals surface area contributed by atoms with Gasteiger partial charge in [-0.25, -0.2) is 0 Å². The molecule has 0 aliphatic carbocycles. The molecule has 0 saturated heterocycles. The first kappa shape index (κ1) is 11.0. The molecule has 2 rings (SSSR count). The number of fused-ring (bicyclic) bond motifs is 1. The molecule has 1 amide bonds. The molecular formula is C11H13N3OS. The molecule has 0 bridgehead atoms. The van der Waals surface area contributed by atoms with E-state index in [2.05, 4.69) is 14.1 Å². The molecule has 16 heavy (non-hydrogen) atoms. The summed E-state index contributed by atoms with van der Waals surface area (Å²) in [6, 6.07) is 5.90. The van der Waals surface area contributed by atoms with Gasteiger partial charge in [-0.05, 0) is 25.5 Å². The zero-order valence-corrected chi connectivity index (χ0v) is 10.0. The van der Waals surface area contributed by atoms with Gasteiger partial charge in [-0.2, -0.15) is 8.75 Å². The van der Waals surface area contributed by atoms with Gasteiger partial charge in [0.1, 0.15) is 11.0 Å². The zero-order valence-electron chi connectivity index (χ0n) is 9.23. The number of carbonyl (C=O) groups excluding carboxylic acids is 1. The molecule has 84 valence electrons. The third-order valence-electron chi connectivity index (χ3n) is 2.17. The Hall–Kier alpha value is -1.49. The Morgan fingerprint density at radius 3 is 3.00 bits per heavy atom. The van der Waals surface area contributed by atoms with Crippen molar-refractivity contribution in [1.82, 2.24) is 14.1 Å². The smallest absolute Gasteiger partial charge is 0.224 e.